The minimum atomic E-state index is 0.340. The van der Waals surface area contributed by atoms with Crippen molar-refractivity contribution >= 4 is 0 Å². The molecule has 3 rings (SSSR count). The number of piperidine rings is 1. The Morgan fingerprint density at radius 2 is 1.64 bits per heavy atom. The average molecular weight is 309 g/mol. The number of fused-ring (bicyclic) bond motifs is 2. The largest absolute Gasteiger partial charge is 0.310 e. The van der Waals surface area contributed by atoms with Crippen molar-refractivity contribution in [3.63, 3.8) is 0 Å². The van der Waals surface area contributed by atoms with Gasteiger partial charge < -0.3 is 15.5 Å². The molecule has 2 bridgehead atoms. The van der Waals surface area contributed by atoms with Crippen LogP contribution in [0.1, 0.15) is 53.4 Å². The van der Waals surface area contributed by atoms with E-state index in [2.05, 4.69) is 48.1 Å². The minimum absolute atomic E-state index is 0.340. The van der Waals surface area contributed by atoms with E-state index in [-0.39, 0.29) is 0 Å². The molecule has 0 spiro atoms. The van der Waals surface area contributed by atoms with Gasteiger partial charge in [-0.05, 0) is 53.4 Å². The monoisotopic (exact) mass is 308 g/mol. The summed E-state index contributed by atoms with van der Waals surface area (Å²) >= 11 is 0. The first-order valence-electron chi connectivity index (χ1n) is 9.44. The van der Waals surface area contributed by atoms with Crippen LogP contribution in [0, 0.1) is 0 Å². The summed E-state index contributed by atoms with van der Waals surface area (Å²) in [6.45, 7) is 15.6. The maximum atomic E-state index is 3.92. The smallest absolute Gasteiger partial charge is 0.0198 e. The van der Waals surface area contributed by atoms with Gasteiger partial charge in [-0.3, -0.25) is 4.90 Å². The molecule has 3 aliphatic rings. The maximum Gasteiger partial charge on any atom is 0.0198 e. The maximum absolute atomic E-state index is 3.92. The van der Waals surface area contributed by atoms with Crippen molar-refractivity contribution in [3.05, 3.63) is 0 Å². The van der Waals surface area contributed by atoms with Crippen LogP contribution in [0.4, 0.5) is 0 Å². The van der Waals surface area contributed by atoms with Crippen molar-refractivity contribution in [1.29, 1.82) is 0 Å². The van der Waals surface area contributed by atoms with E-state index >= 15 is 0 Å². The number of hydrogen-bond acceptors (Lipinski definition) is 4. The summed E-state index contributed by atoms with van der Waals surface area (Å²) < 4.78 is 0. The number of nitrogens with one attached hydrogen (secondary N) is 2. The molecule has 3 aliphatic heterocycles. The zero-order chi connectivity index (χ0) is 15.7. The zero-order valence-corrected chi connectivity index (χ0v) is 15.1. The Morgan fingerprint density at radius 1 is 1.05 bits per heavy atom. The van der Waals surface area contributed by atoms with Gasteiger partial charge in [-0.25, -0.2) is 0 Å². The van der Waals surface area contributed by atoms with Gasteiger partial charge in [0, 0.05) is 62.4 Å². The summed E-state index contributed by atoms with van der Waals surface area (Å²) in [4.78, 5) is 5.32. The molecule has 0 amide bonds. The molecule has 128 valence electrons. The predicted molar refractivity (Wildman–Crippen MR) is 93.3 cm³/mol. The molecule has 0 aromatic heterocycles. The third-order valence-electron chi connectivity index (χ3n) is 6.32. The van der Waals surface area contributed by atoms with Gasteiger partial charge in [0.1, 0.15) is 0 Å². The first-order valence-corrected chi connectivity index (χ1v) is 9.44. The zero-order valence-electron chi connectivity index (χ0n) is 15.1. The van der Waals surface area contributed by atoms with Crippen LogP contribution in [0.25, 0.3) is 0 Å². The van der Waals surface area contributed by atoms with Gasteiger partial charge in [-0.1, -0.05) is 0 Å². The normalized spacial score (nSPS) is 34.2. The van der Waals surface area contributed by atoms with Crippen molar-refractivity contribution < 1.29 is 0 Å². The summed E-state index contributed by atoms with van der Waals surface area (Å²) in [7, 11) is 0. The van der Waals surface area contributed by atoms with Gasteiger partial charge >= 0.3 is 0 Å². The van der Waals surface area contributed by atoms with Gasteiger partial charge in [-0.2, -0.15) is 0 Å². The lowest BCUT2D eigenvalue weighted by atomic mass is 9.88. The molecule has 0 saturated carbocycles. The van der Waals surface area contributed by atoms with Crippen molar-refractivity contribution in [2.75, 3.05) is 32.7 Å². The molecule has 0 aliphatic carbocycles. The molecular formula is C18H36N4. The van der Waals surface area contributed by atoms with Crippen molar-refractivity contribution in [2.45, 2.75) is 83.1 Å². The Bertz CT molecular complexity index is 350. The van der Waals surface area contributed by atoms with E-state index in [9.17, 15) is 0 Å². The summed E-state index contributed by atoms with van der Waals surface area (Å²) in [5.74, 6) is 0. The molecule has 3 heterocycles. The van der Waals surface area contributed by atoms with E-state index < -0.39 is 0 Å². The average Bonchev–Trinajstić information content (AvgIpc) is 2.83. The van der Waals surface area contributed by atoms with Gasteiger partial charge in [-0.15, -0.1) is 0 Å². The highest BCUT2D eigenvalue weighted by Crippen LogP contribution is 2.24. The highest BCUT2D eigenvalue weighted by atomic mass is 15.3. The van der Waals surface area contributed by atoms with E-state index in [1.54, 1.807) is 0 Å². The number of piperazine rings is 1. The van der Waals surface area contributed by atoms with E-state index in [1.807, 2.05) is 0 Å². The fraction of sp³-hybridized carbons (Fsp3) is 1.00. The molecular weight excluding hydrogens is 272 g/mol. The van der Waals surface area contributed by atoms with Crippen LogP contribution in [0.15, 0.2) is 0 Å². The molecule has 22 heavy (non-hydrogen) atoms. The first-order chi connectivity index (χ1) is 10.5. The van der Waals surface area contributed by atoms with Crippen molar-refractivity contribution in [2.24, 2.45) is 0 Å². The lowest BCUT2D eigenvalue weighted by Crippen LogP contribution is -2.58. The molecule has 3 saturated heterocycles. The minimum Gasteiger partial charge on any atom is -0.310 e. The Morgan fingerprint density at radius 3 is 2.18 bits per heavy atom. The molecule has 3 unspecified atom stereocenters. The molecule has 0 aromatic carbocycles. The third kappa shape index (κ3) is 3.84. The summed E-state index contributed by atoms with van der Waals surface area (Å²) in [5, 5.41) is 7.65. The molecule has 0 aromatic rings. The number of likely N-dealkylation sites (tertiary alicyclic amines) is 2. The number of rotatable bonds is 5. The molecule has 4 heteroatoms. The number of hydrogen-bond donors (Lipinski definition) is 2. The van der Waals surface area contributed by atoms with E-state index in [1.165, 1.54) is 51.9 Å². The highest BCUT2D eigenvalue weighted by molar-refractivity contribution is 4.96. The molecule has 2 N–H and O–H groups in total. The van der Waals surface area contributed by atoms with Crippen LogP contribution < -0.4 is 10.6 Å². The summed E-state index contributed by atoms with van der Waals surface area (Å²) in [6.07, 6.45) is 5.32. The predicted octanol–water partition coefficient (Wildman–Crippen LogP) is 1.66. The fourth-order valence-corrected chi connectivity index (χ4v) is 4.42. The van der Waals surface area contributed by atoms with Crippen LogP contribution in [0.2, 0.25) is 0 Å². The Kier molecular flexibility index (Phi) is 5.13. The lowest BCUT2D eigenvalue weighted by Gasteiger charge is -2.43. The van der Waals surface area contributed by atoms with Crippen LogP contribution in [-0.4, -0.2) is 72.2 Å². The third-order valence-corrected chi connectivity index (χ3v) is 6.32. The van der Waals surface area contributed by atoms with Gasteiger partial charge in [0.05, 0.1) is 0 Å². The van der Waals surface area contributed by atoms with Gasteiger partial charge in [0.25, 0.3) is 0 Å². The number of nitrogens with zero attached hydrogens (tertiary/aromatic N) is 2. The van der Waals surface area contributed by atoms with E-state index in [0.717, 1.165) is 18.6 Å². The SMILES string of the molecule is CC(C)N1CCC(C)(NCC(C)N2CC3CCC(C2)N3)CC1. The van der Waals surface area contributed by atoms with Crippen LogP contribution >= 0.6 is 0 Å². The van der Waals surface area contributed by atoms with Crippen LogP contribution in [-0.2, 0) is 0 Å². The fourth-order valence-electron chi connectivity index (χ4n) is 4.42. The second-order valence-electron chi connectivity index (χ2n) is 8.51. The molecule has 3 atom stereocenters. The van der Waals surface area contributed by atoms with Gasteiger partial charge in [0.15, 0.2) is 0 Å². The molecule has 4 nitrogen and oxygen atoms in total. The quantitative estimate of drug-likeness (QED) is 0.809. The lowest BCUT2D eigenvalue weighted by molar-refractivity contribution is 0.102. The molecule has 3 fully saturated rings. The van der Waals surface area contributed by atoms with Crippen LogP contribution in [0.5, 0.6) is 0 Å². The Labute approximate surface area is 137 Å². The van der Waals surface area contributed by atoms with Gasteiger partial charge in [0.2, 0.25) is 0 Å². The Hall–Kier alpha value is -0.160. The highest BCUT2D eigenvalue weighted by Gasteiger charge is 2.35. The standard InChI is InChI=1S/C18H36N4/c1-14(2)21-9-7-18(4,8-10-21)19-11-15(3)22-12-16-5-6-17(13-22)20-16/h14-17,19-20H,5-13H2,1-4H3. The van der Waals surface area contributed by atoms with Crippen molar-refractivity contribution in [1.82, 2.24) is 20.4 Å². The first kappa shape index (κ1) is 16.7. The topological polar surface area (TPSA) is 30.5 Å². The second-order valence-corrected chi connectivity index (χ2v) is 8.51. The second kappa shape index (κ2) is 6.76. The molecule has 0 radical (unpaired) electrons. The Balaban J connectivity index is 1.44. The van der Waals surface area contributed by atoms with Crippen molar-refractivity contribution in [3.8, 4) is 0 Å². The summed E-state index contributed by atoms with van der Waals surface area (Å²) in [6, 6.07) is 2.86. The van der Waals surface area contributed by atoms with E-state index in [4.69, 9.17) is 0 Å². The summed E-state index contributed by atoms with van der Waals surface area (Å²) in [5.41, 5.74) is 0.340. The van der Waals surface area contributed by atoms with Crippen LogP contribution in [0.3, 0.4) is 0 Å². The van der Waals surface area contributed by atoms with E-state index in [0.29, 0.717) is 17.6 Å².